The number of phenolic OH excluding ortho intramolecular Hbond substituents is 1. The first-order chi connectivity index (χ1) is 9.00. The summed E-state index contributed by atoms with van der Waals surface area (Å²) in [6, 6.07) is 3.68. The first kappa shape index (κ1) is 13.7. The fourth-order valence-corrected chi connectivity index (χ4v) is 2.48. The van der Waals surface area contributed by atoms with Crippen LogP contribution >= 0.6 is 11.6 Å². The average Bonchev–Trinajstić information content (AvgIpc) is 2.38. The van der Waals surface area contributed by atoms with Gasteiger partial charge in [0.1, 0.15) is 11.8 Å². The van der Waals surface area contributed by atoms with Crippen molar-refractivity contribution in [3.05, 3.63) is 28.8 Å². The van der Waals surface area contributed by atoms with Gasteiger partial charge in [-0.25, -0.2) is 0 Å². The van der Waals surface area contributed by atoms with Crippen LogP contribution in [-0.2, 0) is 4.79 Å². The van der Waals surface area contributed by atoms with Gasteiger partial charge in [0.05, 0.1) is 5.56 Å². The van der Waals surface area contributed by atoms with Crippen LogP contribution in [0.15, 0.2) is 18.2 Å². The summed E-state index contributed by atoms with van der Waals surface area (Å²) in [5.74, 6) is -1.09. The molecule has 6 heteroatoms. The third-order valence-electron chi connectivity index (χ3n) is 3.28. The van der Waals surface area contributed by atoms with Crippen molar-refractivity contribution in [1.29, 1.82) is 0 Å². The van der Waals surface area contributed by atoms with Crippen LogP contribution in [0.25, 0.3) is 0 Å². The number of hydrogen-bond donors (Lipinski definition) is 2. The maximum atomic E-state index is 12.4. The van der Waals surface area contributed by atoms with Gasteiger partial charge in [0.2, 0.25) is 5.91 Å². The Morgan fingerprint density at radius 2 is 2.11 bits per heavy atom. The Labute approximate surface area is 116 Å². The van der Waals surface area contributed by atoms with Crippen molar-refractivity contribution in [3.63, 3.8) is 0 Å². The fraction of sp³-hybridized carbons (Fsp3) is 0.385. The van der Waals surface area contributed by atoms with E-state index < -0.39 is 17.9 Å². The minimum Gasteiger partial charge on any atom is -0.507 e. The topological polar surface area (TPSA) is 83.6 Å². The second kappa shape index (κ2) is 5.48. The van der Waals surface area contributed by atoms with Crippen LogP contribution in [0.4, 0.5) is 0 Å². The molecule has 3 N–H and O–H groups in total. The van der Waals surface area contributed by atoms with Gasteiger partial charge in [-0.1, -0.05) is 11.6 Å². The number of aromatic hydroxyl groups is 1. The number of carbonyl (C=O) groups is 2. The van der Waals surface area contributed by atoms with Crippen LogP contribution < -0.4 is 5.73 Å². The maximum absolute atomic E-state index is 12.4. The van der Waals surface area contributed by atoms with Crippen molar-refractivity contribution in [3.8, 4) is 5.75 Å². The normalized spacial score (nSPS) is 19.2. The highest BCUT2D eigenvalue weighted by molar-refractivity contribution is 6.30. The predicted octanol–water partition coefficient (Wildman–Crippen LogP) is 1.53. The Bertz CT molecular complexity index is 519. The SMILES string of the molecule is NC(=O)C1CCCCN1C(=O)c1ccc(Cl)cc1O. The lowest BCUT2D eigenvalue weighted by molar-refractivity contribution is -0.123. The summed E-state index contributed by atoms with van der Waals surface area (Å²) in [6.07, 6.45) is 2.25. The number of benzene rings is 1. The minimum absolute atomic E-state index is 0.137. The van der Waals surface area contributed by atoms with E-state index in [0.29, 0.717) is 18.0 Å². The Kier molecular flexibility index (Phi) is 3.95. The maximum Gasteiger partial charge on any atom is 0.258 e. The second-order valence-electron chi connectivity index (χ2n) is 4.57. The lowest BCUT2D eigenvalue weighted by atomic mass is 10.00. The molecule has 1 aliphatic rings. The molecule has 0 aromatic heterocycles. The molecule has 19 heavy (non-hydrogen) atoms. The molecule has 1 fully saturated rings. The molecular formula is C13H15ClN2O3. The average molecular weight is 283 g/mol. The molecule has 2 amide bonds. The Balaban J connectivity index is 2.28. The van der Waals surface area contributed by atoms with Crippen LogP contribution in [0.3, 0.4) is 0 Å². The van der Waals surface area contributed by atoms with Crippen LogP contribution in [0, 0.1) is 0 Å². The molecule has 1 heterocycles. The quantitative estimate of drug-likeness (QED) is 0.863. The number of carbonyl (C=O) groups excluding carboxylic acids is 2. The number of piperidine rings is 1. The number of rotatable bonds is 2. The summed E-state index contributed by atoms with van der Waals surface area (Å²) in [7, 11) is 0. The van der Waals surface area contributed by atoms with E-state index in [-0.39, 0.29) is 11.3 Å². The van der Waals surface area contributed by atoms with E-state index in [2.05, 4.69) is 0 Å². The van der Waals surface area contributed by atoms with Crippen molar-refractivity contribution in [2.75, 3.05) is 6.54 Å². The van der Waals surface area contributed by atoms with Gasteiger partial charge in [0, 0.05) is 11.6 Å². The number of halogens is 1. The zero-order valence-corrected chi connectivity index (χ0v) is 11.1. The summed E-state index contributed by atoms with van der Waals surface area (Å²) in [5.41, 5.74) is 5.46. The highest BCUT2D eigenvalue weighted by Gasteiger charge is 2.32. The monoisotopic (exact) mass is 282 g/mol. The third-order valence-corrected chi connectivity index (χ3v) is 3.52. The van der Waals surface area contributed by atoms with Crippen molar-refractivity contribution in [2.45, 2.75) is 25.3 Å². The summed E-state index contributed by atoms with van der Waals surface area (Å²) >= 11 is 5.73. The van der Waals surface area contributed by atoms with Crippen molar-refractivity contribution >= 4 is 23.4 Å². The molecule has 1 aromatic carbocycles. The molecular weight excluding hydrogens is 268 g/mol. The molecule has 1 atom stereocenters. The Hall–Kier alpha value is -1.75. The number of hydrogen-bond acceptors (Lipinski definition) is 3. The Morgan fingerprint density at radius 1 is 1.37 bits per heavy atom. The van der Waals surface area contributed by atoms with Gasteiger partial charge in [0.25, 0.3) is 5.91 Å². The van der Waals surface area contributed by atoms with Gasteiger partial charge in [-0.15, -0.1) is 0 Å². The number of primary amides is 1. The molecule has 1 aromatic rings. The van der Waals surface area contributed by atoms with E-state index in [1.165, 1.54) is 23.1 Å². The van der Waals surface area contributed by atoms with Gasteiger partial charge in [0.15, 0.2) is 0 Å². The lowest BCUT2D eigenvalue weighted by Gasteiger charge is -2.33. The predicted molar refractivity (Wildman–Crippen MR) is 71.0 cm³/mol. The van der Waals surface area contributed by atoms with E-state index in [1.54, 1.807) is 0 Å². The third kappa shape index (κ3) is 2.81. The minimum atomic E-state index is -0.601. The van der Waals surface area contributed by atoms with Crippen LogP contribution in [-0.4, -0.2) is 34.4 Å². The molecule has 5 nitrogen and oxygen atoms in total. The van der Waals surface area contributed by atoms with Crippen molar-refractivity contribution < 1.29 is 14.7 Å². The van der Waals surface area contributed by atoms with Crippen LogP contribution in [0.5, 0.6) is 5.75 Å². The fourth-order valence-electron chi connectivity index (χ4n) is 2.31. The molecule has 0 aliphatic carbocycles. The second-order valence-corrected chi connectivity index (χ2v) is 5.01. The van der Waals surface area contributed by atoms with E-state index >= 15 is 0 Å². The molecule has 0 saturated carbocycles. The molecule has 0 spiro atoms. The van der Waals surface area contributed by atoms with Gasteiger partial charge in [-0.05, 0) is 37.5 Å². The first-order valence-electron chi connectivity index (χ1n) is 6.09. The number of amides is 2. The molecule has 1 saturated heterocycles. The molecule has 0 radical (unpaired) electrons. The summed E-state index contributed by atoms with van der Waals surface area (Å²) < 4.78 is 0. The molecule has 102 valence electrons. The number of nitrogens with zero attached hydrogens (tertiary/aromatic N) is 1. The highest BCUT2D eigenvalue weighted by atomic mass is 35.5. The van der Waals surface area contributed by atoms with Gasteiger partial charge in [-0.2, -0.15) is 0 Å². The van der Waals surface area contributed by atoms with Gasteiger partial charge >= 0.3 is 0 Å². The van der Waals surface area contributed by atoms with E-state index in [0.717, 1.165) is 12.8 Å². The van der Waals surface area contributed by atoms with Crippen molar-refractivity contribution in [2.24, 2.45) is 5.73 Å². The lowest BCUT2D eigenvalue weighted by Crippen LogP contribution is -2.50. The summed E-state index contributed by atoms with van der Waals surface area (Å²) in [4.78, 5) is 25.2. The number of likely N-dealkylation sites (tertiary alicyclic amines) is 1. The Morgan fingerprint density at radius 3 is 2.74 bits per heavy atom. The smallest absolute Gasteiger partial charge is 0.258 e. The summed E-state index contributed by atoms with van der Waals surface area (Å²) in [5, 5.41) is 10.1. The molecule has 1 unspecified atom stereocenters. The molecule has 2 rings (SSSR count). The summed E-state index contributed by atoms with van der Waals surface area (Å²) in [6.45, 7) is 0.467. The van der Waals surface area contributed by atoms with E-state index in [1.807, 2.05) is 0 Å². The largest absolute Gasteiger partial charge is 0.507 e. The van der Waals surface area contributed by atoms with Gasteiger partial charge in [-0.3, -0.25) is 9.59 Å². The van der Waals surface area contributed by atoms with Crippen LogP contribution in [0.1, 0.15) is 29.6 Å². The highest BCUT2D eigenvalue weighted by Crippen LogP contribution is 2.26. The molecule has 1 aliphatic heterocycles. The molecule has 0 bridgehead atoms. The van der Waals surface area contributed by atoms with Gasteiger partial charge < -0.3 is 15.7 Å². The first-order valence-corrected chi connectivity index (χ1v) is 6.47. The zero-order chi connectivity index (χ0) is 14.0. The zero-order valence-electron chi connectivity index (χ0n) is 10.3. The van der Waals surface area contributed by atoms with Crippen LogP contribution in [0.2, 0.25) is 5.02 Å². The standard InChI is InChI=1S/C13H15ClN2O3/c14-8-4-5-9(11(17)7-8)13(19)16-6-2-1-3-10(16)12(15)18/h4-5,7,10,17H,1-3,6H2,(H2,15,18). The van der Waals surface area contributed by atoms with Crippen molar-refractivity contribution in [1.82, 2.24) is 4.90 Å². The number of nitrogens with two attached hydrogens (primary N) is 1. The number of phenols is 1. The van der Waals surface area contributed by atoms with E-state index in [9.17, 15) is 14.7 Å². The van der Waals surface area contributed by atoms with E-state index in [4.69, 9.17) is 17.3 Å².